The van der Waals surface area contributed by atoms with Crippen molar-refractivity contribution in [3.8, 4) is 0 Å². The molecule has 0 fully saturated rings. The first-order chi connectivity index (χ1) is 19.1. The van der Waals surface area contributed by atoms with Crippen molar-refractivity contribution in [1.29, 1.82) is 0 Å². The number of nitrogens with zero attached hydrogens (tertiary/aromatic N) is 1. The van der Waals surface area contributed by atoms with Crippen LogP contribution in [0.2, 0.25) is 0 Å². The summed E-state index contributed by atoms with van der Waals surface area (Å²) in [6, 6.07) is 34.6. The minimum Gasteiger partial charge on any atom is -0.351 e. The predicted molar refractivity (Wildman–Crippen MR) is 159 cm³/mol. The molecule has 39 heavy (non-hydrogen) atoms. The molecule has 0 saturated heterocycles. The van der Waals surface area contributed by atoms with E-state index in [9.17, 15) is 4.79 Å². The number of hydrogen-bond acceptors (Lipinski definition) is 4. The van der Waals surface area contributed by atoms with Crippen LogP contribution in [0.5, 0.6) is 0 Å². The number of carbonyl (C=O) groups excluding carboxylic acids is 1. The van der Waals surface area contributed by atoms with Crippen LogP contribution in [0.15, 0.2) is 103 Å². The number of carbonyl (C=O) groups is 1. The van der Waals surface area contributed by atoms with Crippen LogP contribution in [-0.4, -0.2) is 49.4 Å². The van der Waals surface area contributed by atoms with Gasteiger partial charge >= 0.3 is 0 Å². The first kappa shape index (κ1) is 28.5. The molecule has 0 heterocycles. The number of hydrogen-bond donors (Lipinski definition) is 1. The fourth-order valence-electron chi connectivity index (χ4n) is 5.21. The highest BCUT2D eigenvalue weighted by Gasteiger charge is 2.26. The summed E-state index contributed by atoms with van der Waals surface area (Å²) in [7, 11) is 0. The van der Waals surface area contributed by atoms with Crippen LogP contribution in [0.1, 0.15) is 42.9 Å². The summed E-state index contributed by atoms with van der Waals surface area (Å²) >= 11 is 0. The highest BCUT2D eigenvalue weighted by Crippen LogP contribution is 2.28. The van der Waals surface area contributed by atoms with Crippen molar-refractivity contribution >= 4 is 16.7 Å². The van der Waals surface area contributed by atoms with Gasteiger partial charge in [-0.25, -0.2) is 0 Å². The molecule has 0 aliphatic carbocycles. The largest absolute Gasteiger partial charge is 0.351 e. The molecule has 0 spiro atoms. The Morgan fingerprint density at radius 3 is 1.95 bits per heavy atom. The predicted octanol–water partition coefficient (Wildman–Crippen LogP) is 6.16. The summed E-state index contributed by atoms with van der Waals surface area (Å²) < 4.78 is 11.7. The van der Waals surface area contributed by atoms with Gasteiger partial charge in [-0.3, -0.25) is 4.79 Å². The maximum atomic E-state index is 13.9. The first-order valence-electron chi connectivity index (χ1n) is 13.9. The zero-order valence-electron chi connectivity index (χ0n) is 23.0. The summed E-state index contributed by atoms with van der Waals surface area (Å²) in [5, 5.41) is 2.28. The van der Waals surface area contributed by atoms with Crippen LogP contribution < -0.4 is 5.73 Å². The molecular weight excluding hydrogens is 484 g/mol. The second-order valence-electron chi connectivity index (χ2n) is 9.74. The Labute approximate surface area is 232 Å². The monoisotopic (exact) mass is 524 g/mol. The SMILES string of the molecule is CCOC(CN(CCC(c1ccccc1)c1ccccc1)C(=O)[C@@H](N)Cc1cccc2ccccc12)OCC. The van der Waals surface area contributed by atoms with E-state index >= 15 is 0 Å². The fraction of sp³-hybridized carbons (Fsp3) is 0.324. The molecule has 0 unspecified atom stereocenters. The summed E-state index contributed by atoms with van der Waals surface area (Å²) in [5.74, 6) is 0.0573. The fourth-order valence-corrected chi connectivity index (χ4v) is 5.21. The highest BCUT2D eigenvalue weighted by atomic mass is 16.7. The summed E-state index contributed by atoms with van der Waals surface area (Å²) in [5.41, 5.74) is 10.1. The lowest BCUT2D eigenvalue weighted by Crippen LogP contribution is -2.49. The van der Waals surface area contributed by atoms with Gasteiger partial charge in [-0.2, -0.15) is 0 Å². The Bertz CT molecular complexity index is 1240. The van der Waals surface area contributed by atoms with Gasteiger partial charge in [-0.1, -0.05) is 103 Å². The normalized spacial score (nSPS) is 12.2. The van der Waals surface area contributed by atoms with Crippen LogP contribution in [0.3, 0.4) is 0 Å². The third-order valence-electron chi connectivity index (χ3n) is 7.11. The smallest absolute Gasteiger partial charge is 0.240 e. The van der Waals surface area contributed by atoms with Crippen LogP contribution in [0.4, 0.5) is 0 Å². The second kappa shape index (κ2) is 14.6. The van der Waals surface area contributed by atoms with Crippen molar-refractivity contribution in [2.24, 2.45) is 5.73 Å². The minimum absolute atomic E-state index is 0.0905. The number of nitrogens with two attached hydrogens (primary N) is 1. The average molecular weight is 525 g/mol. The maximum Gasteiger partial charge on any atom is 0.240 e. The Balaban J connectivity index is 1.57. The maximum absolute atomic E-state index is 13.9. The molecule has 0 saturated carbocycles. The van der Waals surface area contributed by atoms with E-state index in [1.165, 1.54) is 11.1 Å². The zero-order chi connectivity index (χ0) is 27.5. The highest BCUT2D eigenvalue weighted by molar-refractivity contribution is 5.87. The summed E-state index contributed by atoms with van der Waals surface area (Å²) in [6.45, 7) is 5.75. The lowest BCUT2D eigenvalue weighted by Gasteiger charge is -2.31. The van der Waals surface area contributed by atoms with E-state index in [0.717, 1.165) is 22.8 Å². The van der Waals surface area contributed by atoms with E-state index in [1.54, 1.807) is 0 Å². The van der Waals surface area contributed by atoms with Crippen molar-refractivity contribution in [2.45, 2.75) is 44.9 Å². The molecular formula is C34H40N2O3. The summed E-state index contributed by atoms with van der Waals surface area (Å²) in [6.07, 6.45) is 0.720. The molecule has 204 valence electrons. The number of fused-ring (bicyclic) bond motifs is 1. The van der Waals surface area contributed by atoms with E-state index in [0.29, 0.717) is 32.7 Å². The van der Waals surface area contributed by atoms with Crippen LogP contribution in [0, 0.1) is 0 Å². The Morgan fingerprint density at radius 1 is 0.769 bits per heavy atom. The van der Waals surface area contributed by atoms with Crippen LogP contribution in [0.25, 0.3) is 10.8 Å². The molecule has 1 atom stereocenters. The molecule has 0 aromatic heterocycles. The molecule has 0 aliphatic rings. The quantitative estimate of drug-likeness (QED) is 0.201. The van der Waals surface area contributed by atoms with Gasteiger partial charge in [-0.05, 0) is 54.2 Å². The first-order valence-corrected chi connectivity index (χ1v) is 13.9. The van der Waals surface area contributed by atoms with Gasteiger partial charge in [0.25, 0.3) is 0 Å². The third kappa shape index (κ3) is 7.76. The molecule has 0 radical (unpaired) electrons. The topological polar surface area (TPSA) is 64.8 Å². The molecule has 2 N–H and O–H groups in total. The van der Waals surface area contributed by atoms with Crippen molar-refractivity contribution in [3.63, 3.8) is 0 Å². The van der Waals surface area contributed by atoms with Gasteiger partial charge in [0, 0.05) is 25.7 Å². The molecule has 4 rings (SSSR count). The van der Waals surface area contributed by atoms with Gasteiger partial charge in [0.05, 0.1) is 12.6 Å². The second-order valence-corrected chi connectivity index (χ2v) is 9.74. The molecule has 0 bridgehead atoms. The number of ether oxygens (including phenoxy) is 2. The zero-order valence-corrected chi connectivity index (χ0v) is 23.0. The molecule has 4 aromatic carbocycles. The lowest BCUT2D eigenvalue weighted by atomic mass is 9.88. The molecule has 4 aromatic rings. The molecule has 0 aliphatic heterocycles. The minimum atomic E-state index is -0.674. The van der Waals surface area contributed by atoms with Gasteiger partial charge in [0.2, 0.25) is 5.91 Å². The van der Waals surface area contributed by atoms with E-state index in [2.05, 4.69) is 72.8 Å². The van der Waals surface area contributed by atoms with E-state index in [-0.39, 0.29) is 11.8 Å². The van der Waals surface area contributed by atoms with Crippen molar-refractivity contribution in [3.05, 3.63) is 120 Å². The Hall–Kier alpha value is -3.51. The van der Waals surface area contributed by atoms with Gasteiger partial charge < -0.3 is 20.1 Å². The standard InChI is InChI=1S/C34H40N2O3/c1-3-38-33(39-4-2)25-36(23-22-31(26-14-7-5-8-15-26)27-16-9-6-10-17-27)34(37)32(35)24-29-20-13-19-28-18-11-12-21-30(28)29/h5-21,31-33H,3-4,22-25,35H2,1-2H3/t32-/m0/s1. The van der Waals surface area contributed by atoms with Crippen molar-refractivity contribution in [1.82, 2.24) is 4.90 Å². The van der Waals surface area contributed by atoms with Crippen molar-refractivity contribution in [2.75, 3.05) is 26.3 Å². The van der Waals surface area contributed by atoms with Gasteiger partial charge in [0.1, 0.15) is 0 Å². The molecule has 5 nitrogen and oxygen atoms in total. The Morgan fingerprint density at radius 2 is 1.33 bits per heavy atom. The number of amides is 1. The summed E-state index contributed by atoms with van der Waals surface area (Å²) in [4.78, 5) is 15.7. The van der Waals surface area contributed by atoms with Gasteiger partial charge in [-0.15, -0.1) is 0 Å². The number of benzene rings is 4. The Kier molecular flexibility index (Phi) is 10.7. The van der Waals surface area contributed by atoms with E-state index in [4.69, 9.17) is 15.2 Å². The van der Waals surface area contributed by atoms with Crippen LogP contribution in [-0.2, 0) is 20.7 Å². The third-order valence-corrected chi connectivity index (χ3v) is 7.11. The number of rotatable bonds is 14. The van der Waals surface area contributed by atoms with E-state index < -0.39 is 12.3 Å². The van der Waals surface area contributed by atoms with Gasteiger partial charge in [0.15, 0.2) is 6.29 Å². The molecule has 1 amide bonds. The van der Waals surface area contributed by atoms with E-state index in [1.807, 2.05) is 49.1 Å². The van der Waals surface area contributed by atoms with Crippen LogP contribution >= 0.6 is 0 Å². The van der Waals surface area contributed by atoms with Crippen molar-refractivity contribution < 1.29 is 14.3 Å². The lowest BCUT2D eigenvalue weighted by molar-refractivity contribution is -0.159. The average Bonchev–Trinajstić information content (AvgIpc) is 2.98. The molecule has 5 heteroatoms.